The molecule has 10 nitrogen and oxygen atoms in total. The zero-order valence-electron chi connectivity index (χ0n) is 22.5. The van der Waals surface area contributed by atoms with Crippen LogP contribution in [0.15, 0.2) is 59.8 Å². The molecule has 2 atom stereocenters. The number of carboxylic acid groups (broad SMARTS) is 1. The van der Waals surface area contributed by atoms with Crippen LogP contribution >= 0.6 is 23.2 Å². The van der Waals surface area contributed by atoms with Crippen LogP contribution in [0.1, 0.15) is 53.9 Å². The second-order valence-corrected chi connectivity index (χ2v) is 11.6. The van der Waals surface area contributed by atoms with Crippen LogP contribution in [0.25, 0.3) is 22.5 Å². The molecule has 3 aromatic heterocycles. The number of carbonyl (C=O) groups is 1. The van der Waals surface area contributed by atoms with Gasteiger partial charge in [-0.2, -0.15) is 4.98 Å². The van der Waals surface area contributed by atoms with Crippen LogP contribution in [0, 0.1) is 0 Å². The Balaban J connectivity index is 1.30. The third-order valence-electron chi connectivity index (χ3n) is 8.44. The number of nitrogens with zero attached hydrogens (tertiary/aromatic N) is 6. The lowest BCUT2D eigenvalue weighted by atomic mass is 9.77. The van der Waals surface area contributed by atoms with Gasteiger partial charge in [-0.3, -0.25) is 14.1 Å². The van der Waals surface area contributed by atoms with Crippen molar-refractivity contribution in [1.82, 2.24) is 28.8 Å². The van der Waals surface area contributed by atoms with E-state index in [9.17, 15) is 14.7 Å². The number of benzene rings is 2. The zero-order valence-corrected chi connectivity index (χ0v) is 24.0. The number of fused-ring (bicyclic) bond motifs is 4. The Labute approximate surface area is 250 Å². The maximum Gasteiger partial charge on any atom is 0.335 e. The van der Waals surface area contributed by atoms with E-state index in [0.717, 1.165) is 44.3 Å². The Hall–Kier alpha value is -3.99. The van der Waals surface area contributed by atoms with Crippen molar-refractivity contribution >= 4 is 57.6 Å². The Kier molecular flexibility index (Phi) is 6.84. The number of hydrogen-bond donors (Lipinski definition) is 2. The quantitative estimate of drug-likeness (QED) is 0.254. The average molecular weight is 604 g/mol. The highest BCUT2D eigenvalue weighted by molar-refractivity contribution is 6.37. The highest BCUT2D eigenvalue weighted by Gasteiger charge is 2.35. The van der Waals surface area contributed by atoms with Gasteiger partial charge in [0.05, 0.1) is 21.3 Å². The molecule has 0 saturated carbocycles. The van der Waals surface area contributed by atoms with E-state index in [0.29, 0.717) is 44.5 Å². The summed E-state index contributed by atoms with van der Waals surface area (Å²) in [4.78, 5) is 41.9. The summed E-state index contributed by atoms with van der Waals surface area (Å²) in [7, 11) is 0. The number of imidazole rings is 1. The van der Waals surface area contributed by atoms with Crippen LogP contribution < -0.4 is 10.9 Å². The van der Waals surface area contributed by atoms with Crippen LogP contribution in [0.4, 0.5) is 11.6 Å². The van der Waals surface area contributed by atoms with E-state index >= 15 is 0 Å². The smallest absolute Gasteiger partial charge is 0.335 e. The molecule has 2 aliphatic heterocycles. The molecule has 2 N–H and O–H groups in total. The minimum absolute atomic E-state index is 0.144. The largest absolute Gasteiger partial charge is 0.478 e. The van der Waals surface area contributed by atoms with Gasteiger partial charge in [-0.1, -0.05) is 35.7 Å². The van der Waals surface area contributed by atoms with Crippen molar-refractivity contribution in [3.63, 3.8) is 0 Å². The number of anilines is 2. The van der Waals surface area contributed by atoms with E-state index in [4.69, 9.17) is 23.2 Å². The molecule has 214 valence electrons. The van der Waals surface area contributed by atoms with Crippen molar-refractivity contribution in [2.24, 2.45) is 0 Å². The minimum atomic E-state index is -0.927. The lowest BCUT2D eigenvalue weighted by molar-refractivity contribution is 0.0684. The summed E-state index contributed by atoms with van der Waals surface area (Å²) < 4.78 is 3.04. The molecule has 2 fully saturated rings. The minimum Gasteiger partial charge on any atom is -0.478 e. The molecule has 2 aliphatic rings. The summed E-state index contributed by atoms with van der Waals surface area (Å²) >= 11 is 12.9. The molecule has 5 aromatic rings. The van der Waals surface area contributed by atoms with E-state index in [1.54, 1.807) is 47.1 Å². The molecule has 0 spiro atoms. The van der Waals surface area contributed by atoms with Gasteiger partial charge in [0.25, 0.3) is 5.56 Å². The molecule has 2 unspecified atom stereocenters. The number of halogens is 2. The molecule has 2 aromatic carbocycles. The fourth-order valence-electron chi connectivity index (χ4n) is 6.60. The Bertz CT molecular complexity index is 1900. The first-order chi connectivity index (χ1) is 20.4. The van der Waals surface area contributed by atoms with Gasteiger partial charge in [0.2, 0.25) is 11.7 Å². The molecule has 12 heteroatoms. The van der Waals surface area contributed by atoms with Gasteiger partial charge < -0.3 is 10.4 Å². The average Bonchev–Trinajstić information content (AvgIpc) is 3.48. The maximum atomic E-state index is 13.7. The van der Waals surface area contributed by atoms with Gasteiger partial charge >= 0.3 is 5.97 Å². The second kappa shape index (κ2) is 10.7. The molecule has 0 bridgehead atoms. The maximum absolute atomic E-state index is 13.7. The number of nitrogens with one attached hydrogen (secondary N) is 1. The van der Waals surface area contributed by atoms with Crippen molar-refractivity contribution in [2.75, 3.05) is 18.4 Å². The third kappa shape index (κ3) is 4.50. The Morgan fingerprint density at radius 2 is 1.83 bits per heavy atom. The van der Waals surface area contributed by atoms with Gasteiger partial charge in [0.1, 0.15) is 5.39 Å². The molecule has 0 aliphatic carbocycles. The molecular weight excluding hydrogens is 577 g/mol. The number of carboxylic acids is 1. The number of rotatable bonds is 5. The van der Waals surface area contributed by atoms with E-state index < -0.39 is 11.5 Å². The topological polar surface area (TPSA) is 118 Å². The zero-order chi connectivity index (χ0) is 29.0. The van der Waals surface area contributed by atoms with Gasteiger partial charge in [-0.05, 0) is 74.7 Å². The molecule has 0 amide bonds. The molecule has 5 heterocycles. The standard InChI is InChI=1S/C30H27Cl2N7O3/c31-22-6-3-7-23(32)25(22)39-27(40)21-16-34-29(36-26(21)38-14-11-33-30(38)39)35-17-9-10-19(28(41)42)20(15-17)18-5-4-13-37-12-2-1-8-24(18)37/h3,6-7,9-11,14-16,18,24H,1-2,4-5,8,12-13H2,(H,41,42)(H,34,35,36). The normalized spacial score (nSPS) is 19.2. The van der Waals surface area contributed by atoms with Gasteiger partial charge in [-0.15, -0.1) is 0 Å². The number of hydrogen-bond acceptors (Lipinski definition) is 7. The Morgan fingerprint density at radius 3 is 2.64 bits per heavy atom. The van der Waals surface area contributed by atoms with Crippen molar-refractivity contribution in [1.29, 1.82) is 0 Å². The predicted molar refractivity (Wildman–Crippen MR) is 162 cm³/mol. The molecule has 7 rings (SSSR count). The summed E-state index contributed by atoms with van der Waals surface area (Å²) in [5.41, 5.74) is 2.12. The van der Waals surface area contributed by atoms with Crippen molar-refractivity contribution in [3.05, 3.63) is 86.5 Å². The Morgan fingerprint density at radius 1 is 1.02 bits per heavy atom. The highest BCUT2D eigenvalue weighted by Crippen LogP contribution is 2.40. The van der Waals surface area contributed by atoms with E-state index in [-0.39, 0.29) is 17.3 Å². The predicted octanol–water partition coefficient (Wildman–Crippen LogP) is 5.91. The number of aromatic nitrogens is 5. The fraction of sp³-hybridized carbons (Fsp3) is 0.300. The van der Waals surface area contributed by atoms with E-state index in [1.807, 2.05) is 6.07 Å². The summed E-state index contributed by atoms with van der Waals surface area (Å²) in [6.07, 6.45) is 10.2. The van der Waals surface area contributed by atoms with Crippen LogP contribution in [0.3, 0.4) is 0 Å². The van der Waals surface area contributed by atoms with Gasteiger partial charge in [0, 0.05) is 36.2 Å². The van der Waals surface area contributed by atoms with Crippen LogP contribution in [0.5, 0.6) is 0 Å². The number of piperidine rings is 2. The molecular formula is C30H27Cl2N7O3. The summed E-state index contributed by atoms with van der Waals surface area (Å²) in [6, 6.07) is 10.7. The third-order valence-corrected chi connectivity index (χ3v) is 9.05. The first-order valence-corrected chi connectivity index (χ1v) is 14.7. The fourth-order valence-corrected chi connectivity index (χ4v) is 7.17. The van der Waals surface area contributed by atoms with Gasteiger partial charge in [0.15, 0.2) is 5.65 Å². The summed E-state index contributed by atoms with van der Waals surface area (Å²) in [6.45, 7) is 2.14. The van der Waals surface area contributed by atoms with Crippen molar-refractivity contribution in [3.8, 4) is 5.69 Å². The van der Waals surface area contributed by atoms with Crippen LogP contribution in [-0.2, 0) is 0 Å². The van der Waals surface area contributed by atoms with Gasteiger partial charge in [-0.25, -0.2) is 19.3 Å². The highest BCUT2D eigenvalue weighted by atomic mass is 35.5. The summed E-state index contributed by atoms with van der Waals surface area (Å²) in [5, 5.41) is 14.1. The van der Waals surface area contributed by atoms with Crippen LogP contribution in [0.2, 0.25) is 10.0 Å². The van der Waals surface area contributed by atoms with E-state index in [2.05, 4.69) is 25.2 Å². The summed E-state index contributed by atoms with van der Waals surface area (Å²) in [5.74, 6) is -0.217. The van der Waals surface area contributed by atoms with E-state index in [1.165, 1.54) is 17.2 Å². The number of aromatic carboxylic acids is 1. The lowest BCUT2D eigenvalue weighted by Crippen LogP contribution is -2.47. The van der Waals surface area contributed by atoms with Crippen molar-refractivity contribution in [2.45, 2.75) is 44.1 Å². The molecule has 42 heavy (non-hydrogen) atoms. The lowest BCUT2D eigenvalue weighted by Gasteiger charge is -2.45. The second-order valence-electron chi connectivity index (χ2n) is 10.8. The first kappa shape index (κ1) is 26.9. The number of para-hydroxylation sites is 1. The first-order valence-electron chi connectivity index (χ1n) is 14.0. The van der Waals surface area contributed by atoms with Crippen molar-refractivity contribution < 1.29 is 9.90 Å². The molecule has 2 saturated heterocycles. The molecule has 0 radical (unpaired) electrons. The monoisotopic (exact) mass is 603 g/mol. The SMILES string of the molecule is O=C(O)c1ccc(Nc2ncc3c(=O)n(-c4c(Cl)cccc4Cl)c4nccn4c3n2)cc1C1CCCN2CCCCC12. The van der Waals surface area contributed by atoms with Crippen LogP contribution in [-0.4, -0.2) is 59.0 Å².